The summed E-state index contributed by atoms with van der Waals surface area (Å²) in [5.74, 6) is 0.693. The summed E-state index contributed by atoms with van der Waals surface area (Å²) in [6.07, 6.45) is -0.153. The zero-order valence-electron chi connectivity index (χ0n) is 20.4. The van der Waals surface area contributed by atoms with Crippen molar-refractivity contribution < 1.29 is 18.0 Å². The van der Waals surface area contributed by atoms with Crippen LogP contribution in [0, 0.1) is 0 Å². The first-order valence-electron chi connectivity index (χ1n) is 11.8. The van der Waals surface area contributed by atoms with Crippen molar-refractivity contribution in [2.24, 2.45) is 0 Å². The number of carbonyl (C=O) groups is 1. The van der Waals surface area contributed by atoms with Gasteiger partial charge in [-0.1, -0.05) is 17.7 Å². The highest BCUT2D eigenvalue weighted by molar-refractivity contribution is 6.33. The Kier molecular flexibility index (Phi) is 6.30. The molecule has 0 spiro atoms. The fourth-order valence-electron chi connectivity index (χ4n) is 4.34. The molecular weight excluding hydrogens is 509 g/mol. The molecule has 1 aliphatic rings. The van der Waals surface area contributed by atoms with E-state index in [4.69, 9.17) is 11.6 Å². The van der Waals surface area contributed by atoms with E-state index in [1.807, 2.05) is 19.9 Å². The Hall–Kier alpha value is -3.67. The predicted octanol–water partition coefficient (Wildman–Crippen LogP) is 5.22. The summed E-state index contributed by atoms with van der Waals surface area (Å²) in [5.41, 5.74) is 1.36. The Labute approximate surface area is 215 Å². The molecule has 0 radical (unpaired) electrons. The molecule has 0 bridgehead atoms. The number of hydrogen-bond donors (Lipinski definition) is 0. The number of alkyl halides is 3. The number of imidazole rings is 1. The van der Waals surface area contributed by atoms with Crippen LogP contribution in [0.25, 0.3) is 22.9 Å². The molecule has 0 fully saturated rings. The highest BCUT2D eigenvalue weighted by atomic mass is 35.5. The van der Waals surface area contributed by atoms with Gasteiger partial charge in [-0.05, 0) is 32.4 Å². The average Bonchev–Trinajstić information content (AvgIpc) is 3.57. The Balaban J connectivity index is 1.43. The van der Waals surface area contributed by atoms with Gasteiger partial charge in [-0.3, -0.25) is 19.4 Å². The number of fused-ring (bicyclic) bond motifs is 1. The van der Waals surface area contributed by atoms with E-state index in [0.717, 1.165) is 6.20 Å². The topological polar surface area (TPSA) is 86.7 Å². The molecule has 13 heteroatoms. The summed E-state index contributed by atoms with van der Waals surface area (Å²) in [6.45, 7) is 6.70. The van der Waals surface area contributed by atoms with Gasteiger partial charge in [0.1, 0.15) is 22.9 Å². The van der Waals surface area contributed by atoms with Gasteiger partial charge in [-0.25, -0.2) is 9.67 Å². The molecule has 0 N–H and O–H groups in total. The third-order valence-electron chi connectivity index (χ3n) is 6.16. The molecule has 194 valence electrons. The van der Waals surface area contributed by atoms with Crippen LogP contribution in [0.2, 0.25) is 5.02 Å². The zero-order chi connectivity index (χ0) is 26.5. The number of aryl methyl sites for hydroxylation is 2. The van der Waals surface area contributed by atoms with Gasteiger partial charge in [0.25, 0.3) is 0 Å². The van der Waals surface area contributed by atoms with E-state index >= 15 is 0 Å². The number of hydrogen-bond acceptors (Lipinski definition) is 5. The SMILES string of the molecule is CCn1cc(C(F)(F)F)nc1-c1ccc(CN2C(=O)CCn3nc(-c4c(Cl)cnn4C(C)C)cc32)cn1. The van der Waals surface area contributed by atoms with Crippen LogP contribution in [-0.2, 0) is 30.6 Å². The van der Waals surface area contributed by atoms with Crippen molar-refractivity contribution >= 4 is 23.3 Å². The van der Waals surface area contributed by atoms with E-state index in [1.165, 1.54) is 4.57 Å². The van der Waals surface area contributed by atoms with Gasteiger partial charge in [0.2, 0.25) is 5.91 Å². The summed E-state index contributed by atoms with van der Waals surface area (Å²) in [5, 5.41) is 9.49. The molecule has 4 aromatic rings. The van der Waals surface area contributed by atoms with Crippen LogP contribution in [0.4, 0.5) is 19.0 Å². The van der Waals surface area contributed by atoms with E-state index in [-0.39, 0.29) is 30.7 Å². The lowest BCUT2D eigenvalue weighted by Gasteiger charge is -2.27. The van der Waals surface area contributed by atoms with Crippen molar-refractivity contribution in [3.63, 3.8) is 0 Å². The van der Waals surface area contributed by atoms with Gasteiger partial charge in [-0.15, -0.1) is 0 Å². The highest BCUT2D eigenvalue weighted by Gasteiger charge is 2.35. The van der Waals surface area contributed by atoms with Gasteiger partial charge < -0.3 is 4.57 Å². The first-order valence-corrected chi connectivity index (χ1v) is 12.2. The lowest BCUT2D eigenvalue weighted by Crippen LogP contribution is -2.36. The maximum absolute atomic E-state index is 13.1. The largest absolute Gasteiger partial charge is 0.434 e. The van der Waals surface area contributed by atoms with Crippen molar-refractivity contribution in [1.82, 2.24) is 34.1 Å². The Morgan fingerprint density at radius 1 is 1.16 bits per heavy atom. The van der Waals surface area contributed by atoms with Gasteiger partial charge in [0.15, 0.2) is 11.5 Å². The normalized spacial score (nSPS) is 14.1. The monoisotopic (exact) mass is 532 g/mol. The lowest BCUT2D eigenvalue weighted by atomic mass is 10.2. The summed E-state index contributed by atoms with van der Waals surface area (Å²) >= 11 is 6.40. The standard InChI is InChI=1S/C24H24ClF3N8O/c1-4-33-13-19(24(26,27)28)31-23(33)17-6-5-15(10-29-17)12-34-20-9-18(32-35(20)8-7-21(34)37)22-16(25)11-30-36(22)14(2)3/h5-6,9-11,13-14H,4,7-8,12H2,1-3H3. The van der Waals surface area contributed by atoms with Gasteiger partial charge >= 0.3 is 6.18 Å². The molecule has 5 rings (SSSR count). The number of aromatic nitrogens is 7. The summed E-state index contributed by atoms with van der Waals surface area (Å²) in [4.78, 5) is 22.6. The minimum Gasteiger partial charge on any atom is -0.329 e. The number of pyridine rings is 1. The Morgan fingerprint density at radius 3 is 2.59 bits per heavy atom. The van der Waals surface area contributed by atoms with Crippen molar-refractivity contribution in [3.8, 4) is 22.9 Å². The molecule has 0 unspecified atom stereocenters. The molecule has 4 aromatic heterocycles. The number of carbonyl (C=O) groups excluding carboxylic acids is 1. The van der Waals surface area contributed by atoms with Crippen LogP contribution in [0.1, 0.15) is 44.5 Å². The van der Waals surface area contributed by atoms with Crippen molar-refractivity contribution in [3.05, 3.63) is 53.1 Å². The Bertz CT molecular complexity index is 1450. The fourth-order valence-corrected chi connectivity index (χ4v) is 4.57. The van der Waals surface area contributed by atoms with E-state index < -0.39 is 11.9 Å². The summed E-state index contributed by atoms with van der Waals surface area (Å²) in [7, 11) is 0. The average molecular weight is 533 g/mol. The molecular formula is C24H24ClF3N8O. The second-order valence-corrected chi connectivity index (χ2v) is 9.41. The van der Waals surface area contributed by atoms with E-state index in [0.29, 0.717) is 46.6 Å². The van der Waals surface area contributed by atoms with E-state index in [9.17, 15) is 18.0 Å². The first-order chi connectivity index (χ1) is 17.6. The van der Waals surface area contributed by atoms with Crippen LogP contribution in [0.3, 0.4) is 0 Å². The first kappa shape index (κ1) is 25.0. The van der Waals surface area contributed by atoms with Crippen LogP contribution >= 0.6 is 11.6 Å². The molecule has 37 heavy (non-hydrogen) atoms. The van der Waals surface area contributed by atoms with Crippen molar-refractivity contribution in [2.75, 3.05) is 4.90 Å². The van der Waals surface area contributed by atoms with Crippen molar-refractivity contribution in [1.29, 1.82) is 0 Å². The highest BCUT2D eigenvalue weighted by Crippen LogP contribution is 2.34. The number of rotatable bonds is 6. The number of nitrogens with zero attached hydrogens (tertiary/aromatic N) is 8. The van der Waals surface area contributed by atoms with E-state index in [1.54, 1.807) is 45.7 Å². The predicted molar refractivity (Wildman–Crippen MR) is 131 cm³/mol. The molecule has 0 saturated heterocycles. The molecule has 1 amide bonds. The molecule has 0 aromatic carbocycles. The Morgan fingerprint density at radius 2 is 1.95 bits per heavy atom. The number of halogens is 4. The van der Waals surface area contributed by atoms with Crippen LogP contribution in [0.15, 0.2) is 36.8 Å². The maximum atomic E-state index is 13.1. The quantitative estimate of drug-likeness (QED) is 0.340. The lowest BCUT2D eigenvalue weighted by molar-refractivity contribution is -0.140. The molecule has 0 atom stereocenters. The molecule has 0 saturated carbocycles. The third kappa shape index (κ3) is 4.61. The molecule has 0 aliphatic carbocycles. The zero-order valence-corrected chi connectivity index (χ0v) is 21.1. The van der Waals surface area contributed by atoms with Crippen LogP contribution in [-0.4, -0.2) is 40.0 Å². The van der Waals surface area contributed by atoms with Crippen molar-refractivity contribution in [2.45, 2.75) is 59.0 Å². The van der Waals surface area contributed by atoms with E-state index in [2.05, 4.69) is 20.2 Å². The van der Waals surface area contributed by atoms with Gasteiger partial charge in [0, 0.05) is 37.5 Å². The van der Waals surface area contributed by atoms with Crippen LogP contribution in [0.5, 0.6) is 0 Å². The fraction of sp³-hybridized carbons (Fsp3) is 0.375. The molecule has 9 nitrogen and oxygen atoms in total. The molecule has 1 aliphatic heterocycles. The number of anilines is 1. The maximum Gasteiger partial charge on any atom is 0.434 e. The second-order valence-electron chi connectivity index (χ2n) is 9.01. The van der Waals surface area contributed by atoms with Gasteiger partial charge in [0.05, 0.1) is 24.3 Å². The number of amides is 1. The van der Waals surface area contributed by atoms with Crippen LogP contribution < -0.4 is 4.90 Å². The smallest absolute Gasteiger partial charge is 0.329 e. The summed E-state index contributed by atoms with van der Waals surface area (Å²) < 4.78 is 44.4. The minimum atomic E-state index is -4.54. The van der Waals surface area contributed by atoms with Gasteiger partial charge in [-0.2, -0.15) is 23.4 Å². The third-order valence-corrected chi connectivity index (χ3v) is 6.44. The summed E-state index contributed by atoms with van der Waals surface area (Å²) in [6, 6.07) is 5.23. The second kappa shape index (κ2) is 9.33. The molecule has 5 heterocycles. The minimum absolute atomic E-state index is 0.0668.